The molecule has 1 aromatic carbocycles. The first-order chi connectivity index (χ1) is 6.22. The van der Waals surface area contributed by atoms with Crippen LogP contribution >= 0.6 is 0 Å². The van der Waals surface area contributed by atoms with Gasteiger partial charge in [0.25, 0.3) is 0 Å². The Morgan fingerprint density at radius 2 is 2.23 bits per heavy atom. The minimum atomic E-state index is -0.909. The van der Waals surface area contributed by atoms with Crippen molar-refractivity contribution >= 4 is 0 Å². The van der Waals surface area contributed by atoms with Crippen LogP contribution in [-0.4, -0.2) is 12.6 Å². The molecule has 0 saturated carbocycles. The number of halogens is 2. The average Bonchev–Trinajstić information content (AvgIpc) is 2.55. The van der Waals surface area contributed by atoms with Crippen LogP contribution in [0, 0.1) is 11.6 Å². The van der Waals surface area contributed by atoms with Crippen LogP contribution in [0.15, 0.2) is 12.1 Å². The van der Waals surface area contributed by atoms with Gasteiger partial charge in [0.1, 0.15) is 6.10 Å². The molecule has 1 aliphatic heterocycles. The van der Waals surface area contributed by atoms with E-state index in [0.717, 1.165) is 6.07 Å². The van der Waals surface area contributed by atoms with Crippen LogP contribution in [0.25, 0.3) is 0 Å². The van der Waals surface area contributed by atoms with Crippen molar-refractivity contribution in [2.75, 3.05) is 6.54 Å². The number of hydrogen-bond donors (Lipinski definition) is 1. The molecule has 4 heteroatoms. The quantitative estimate of drug-likeness (QED) is 0.714. The Labute approximate surface area is 74.3 Å². The number of hydrogen-bond acceptors (Lipinski definition) is 2. The molecule has 1 aromatic rings. The molecule has 0 bridgehead atoms. The smallest absolute Gasteiger partial charge is 0.200 e. The van der Waals surface area contributed by atoms with E-state index in [1.165, 1.54) is 6.07 Å². The highest BCUT2D eigenvalue weighted by Gasteiger charge is 2.26. The van der Waals surface area contributed by atoms with Gasteiger partial charge in [0.15, 0.2) is 11.6 Å². The normalized spacial score (nSPS) is 19.8. The number of benzene rings is 1. The van der Waals surface area contributed by atoms with E-state index >= 15 is 0 Å². The SMILES string of the molecule is NCC1Cc2ccc(F)c(F)c2O1. The van der Waals surface area contributed by atoms with Gasteiger partial charge in [-0.05, 0) is 6.07 Å². The highest BCUT2D eigenvalue weighted by atomic mass is 19.2. The summed E-state index contributed by atoms with van der Waals surface area (Å²) in [5.74, 6) is -1.76. The lowest BCUT2D eigenvalue weighted by atomic mass is 10.1. The highest BCUT2D eigenvalue weighted by Crippen LogP contribution is 2.32. The van der Waals surface area contributed by atoms with E-state index in [1.807, 2.05) is 0 Å². The molecule has 13 heavy (non-hydrogen) atoms. The summed E-state index contributed by atoms with van der Waals surface area (Å²) in [6.07, 6.45) is 0.342. The second-order valence-corrected chi connectivity index (χ2v) is 3.03. The molecule has 0 amide bonds. The van der Waals surface area contributed by atoms with Crippen LogP contribution in [0.4, 0.5) is 8.78 Å². The molecular formula is C9H9F2NO. The Hall–Kier alpha value is -1.16. The van der Waals surface area contributed by atoms with Crippen LogP contribution in [0.3, 0.4) is 0 Å². The Morgan fingerprint density at radius 1 is 1.46 bits per heavy atom. The lowest BCUT2D eigenvalue weighted by Crippen LogP contribution is -2.24. The van der Waals surface area contributed by atoms with Crippen molar-refractivity contribution < 1.29 is 13.5 Å². The largest absolute Gasteiger partial charge is 0.485 e. The molecule has 1 atom stereocenters. The molecule has 1 unspecified atom stereocenters. The molecule has 0 aromatic heterocycles. The maximum absolute atomic E-state index is 13.1. The molecule has 0 spiro atoms. The molecule has 0 fully saturated rings. The molecule has 0 aliphatic carbocycles. The van der Waals surface area contributed by atoms with Crippen LogP contribution in [0.5, 0.6) is 5.75 Å². The molecule has 1 heterocycles. The van der Waals surface area contributed by atoms with Gasteiger partial charge in [-0.15, -0.1) is 0 Å². The van der Waals surface area contributed by atoms with E-state index in [1.54, 1.807) is 0 Å². The Balaban J connectivity index is 2.40. The van der Waals surface area contributed by atoms with Crippen molar-refractivity contribution in [2.24, 2.45) is 5.73 Å². The predicted octanol–water partition coefficient (Wildman–Crippen LogP) is 1.23. The van der Waals surface area contributed by atoms with Gasteiger partial charge in [0.2, 0.25) is 5.82 Å². The van der Waals surface area contributed by atoms with Gasteiger partial charge in [0, 0.05) is 18.5 Å². The first-order valence-corrected chi connectivity index (χ1v) is 4.06. The lowest BCUT2D eigenvalue weighted by Gasteiger charge is -2.06. The number of rotatable bonds is 1. The monoisotopic (exact) mass is 185 g/mol. The third-order valence-electron chi connectivity index (χ3n) is 2.13. The zero-order valence-electron chi connectivity index (χ0n) is 6.89. The van der Waals surface area contributed by atoms with E-state index in [9.17, 15) is 8.78 Å². The van der Waals surface area contributed by atoms with E-state index in [0.29, 0.717) is 18.5 Å². The number of ether oxygens (including phenoxy) is 1. The lowest BCUT2D eigenvalue weighted by molar-refractivity contribution is 0.230. The first-order valence-electron chi connectivity index (χ1n) is 4.06. The maximum Gasteiger partial charge on any atom is 0.200 e. The molecule has 70 valence electrons. The zero-order chi connectivity index (χ0) is 9.42. The van der Waals surface area contributed by atoms with Crippen molar-refractivity contribution in [1.29, 1.82) is 0 Å². The van der Waals surface area contributed by atoms with Crippen LogP contribution < -0.4 is 10.5 Å². The summed E-state index contributed by atoms with van der Waals surface area (Å²) in [6, 6.07) is 2.64. The third-order valence-corrected chi connectivity index (χ3v) is 2.13. The number of nitrogens with two attached hydrogens (primary N) is 1. The standard InChI is InChI=1S/C9H9F2NO/c10-7-2-1-5-3-6(4-12)13-9(5)8(7)11/h1-2,6H,3-4,12H2. The topological polar surface area (TPSA) is 35.2 Å². The summed E-state index contributed by atoms with van der Waals surface area (Å²) in [6.45, 7) is 0.315. The zero-order valence-corrected chi connectivity index (χ0v) is 6.89. The van der Waals surface area contributed by atoms with Gasteiger partial charge in [-0.1, -0.05) is 6.07 Å². The minimum absolute atomic E-state index is 0.0236. The molecule has 0 saturated heterocycles. The minimum Gasteiger partial charge on any atom is -0.485 e. The molecule has 2 nitrogen and oxygen atoms in total. The van der Waals surface area contributed by atoms with Crippen molar-refractivity contribution in [1.82, 2.24) is 0 Å². The maximum atomic E-state index is 13.1. The fourth-order valence-corrected chi connectivity index (χ4v) is 1.45. The van der Waals surface area contributed by atoms with E-state index in [4.69, 9.17) is 10.5 Å². The summed E-state index contributed by atoms with van der Waals surface area (Å²) in [7, 11) is 0. The van der Waals surface area contributed by atoms with Crippen molar-refractivity contribution in [3.05, 3.63) is 29.3 Å². The van der Waals surface area contributed by atoms with E-state index < -0.39 is 11.6 Å². The summed E-state index contributed by atoms with van der Waals surface area (Å²) in [5, 5.41) is 0. The summed E-state index contributed by atoms with van der Waals surface area (Å²) in [4.78, 5) is 0. The highest BCUT2D eigenvalue weighted by molar-refractivity contribution is 5.39. The predicted molar refractivity (Wildman–Crippen MR) is 43.5 cm³/mol. The van der Waals surface area contributed by atoms with Gasteiger partial charge < -0.3 is 10.5 Å². The fraction of sp³-hybridized carbons (Fsp3) is 0.333. The third kappa shape index (κ3) is 1.27. The Kier molecular flexibility index (Phi) is 1.92. The summed E-state index contributed by atoms with van der Waals surface area (Å²) >= 11 is 0. The van der Waals surface area contributed by atoms with Crippen LogP contribution in [-0.2, 0) is 6.42 Å². The van der Waals surface area contributed by atoms with Crippen molar-refractivity contribution in [3.63, 3.8) is 0 Å². The summed E-state index contributed by atoms with van der Waals surface area (Å²) in [5.41, 5.74) is 6.05. The second kappa shape index (κ2) is 2.96. The van der Waals surface area contributed by atoms with Crippen molar-refractivity contribution in [2.45, 2.75) is 12.5 Å². The molecule has 2 rings (SSSR count). The van der Waals surface area contributed by atoms with Crippen LogP contribution in [0.2, 0.25) is 0 Å². The Morgan fingerprint density at radius 3 is 2.92 bits per heavy atom. The molecule has 1 aliphatic rings. The Bertz CT molecular complexity index is 341. The van der Waals surface area contributed by atoms with Gasteiger partial charge in [-0.3, -0.25) is 0 Å². The van der Waals surface area contributed by atoms with E-state index in [2.05, 4.69) is 0 Å². The second-order valence-electron chi connectivity index (χ2n) is 3.03. The van der Waals surface area contributed by atoms with Crippen molar-refractivity contribution in [3.8, 4) is 5.75 Å². The average molecular weight is 185 g/mol. The van der Waals surface area contributed by atoms with Gasteiger partial charge in [0.05, 0.1) is 0 Å². The fourth-order valence-electron chi connectivity index (χ4n) is 1.45. The molecular weight excluding hydrogens is 176 g/mol. The first kappa shape index (κ1) is 8.44. The van der Waals surface area contributed by atoms with Crippen LogP contribution in [0.1, 0.15) is 5.56 Å². The van der Waals surface area contributed by atoms with Gasteiger partial charge in [-0.2, -0.15) is 4.39 Å². The molecule has 2 N–H and O–H groups in total. The number of fused-ring (bicyclic) bond motifs is 1. The van der Waals surface area contributed by atoms with Gasteiger partial charge in [-0.25, -0.2) is 4.39 Å². The van der Waals surface area contributed by atoms with Gasteiger partial charge >= 0.3 is 0 Å². The molecule has 0 radical (unpaired) electrons. The van der Waals surface area contributed by atoms with E-state index in [-0.39, 0.29) is 11.9 Å². The summed E-state index contributed by atoms with van der Waals surface area (Å²) < 4.78 is 30.9.